The second kappa shape index (κ2) is 4.33. The molecule has 3 atom stereocenters. The van der Waals surface area contributed by atoms with Crippen LogP contribution in [-0.2, 0) is 23.9 Å². The summed E-state index contributed by atoms with van der Waals surface area (Å²) in [7, 11) is 0. The van der Waals surface area contributed by atoms with Gasteiger partial charge in [0.15, 0.2) is 0 Å². The lowest BCUT2D eigenvalue weighted by molar-refractivity contribution is -0.154. The van der Waals surface area contributed by atoms with Crippen molar-refractivity contribution in [3.63, 3.8) is 0 Å². The topological polar surface area (TPSA) is 69.7 Å². The number of hydrogen-bond acceptors (Lipinski definition) is 5. The first-order valence-corrected chi connectivity index (χ1v) is 5.45. The number of ether oxygens (including phenoxy) is 2. The largest absolute Gasteiger partial charge is 0.460 e. The molecule has 0 spiro atoms. The Hall–Kier alpha value is -1.23. The van der Waals surface area contributed by atoms with Crippen molar-refractivity contribution >= 4 is 17.5 Å². The van der Waals surface area contributed by atoms with Gasteiger partial charge < -0.3 is 9.47 Å². The number of ketones is 2. The minimum atomic E-state index is -0.905. The number of fused-ring (bicyclic) bond motifs is 1. The summed E-state index contributed by atoms with van der Waals surface area (Å²) in [5, 5.41) is 0. The quantitative estimate of drug-likeness (QED) is 0.374. The highest BCUT2D eigenvalue weighted by Gasteiger charge is 2.57. The smallest absolute Gasteiger partial charge is 0.375 e. The number of Topliss-reactive ketones (excluding diaryl/α,β-unsaturated/α-hetero) is 2. The van der Waals surface area contributed by atoms with E-state index in [9.17, 15) is 14.4 Å². The van der Waals surface area contributed by atoms with E-state index in [-0.39, 0.29) is 36.6 Å². The van der Waals surface area contributed by atoms with E-state index in [2.05, 4.69) is 4.74 Å². The number of carbonyl (C=O) groups excluding carboxylic acids is 3. The molecule has 5 heteroatoms. The highest BCUT2D eigenvalue weighted by molar-refractivity contribution is 6.37. The molecule has 0 aromatic heterocycles. The molecule has 1 unspecified atom stereocenters. The Balaban J connectivity index is 1.80. The zero-order valence-electron chi connectivity index (χ0n) is 9.10. The zero-order chi connectivity index (χ0) is 11.7. The van der Waals surface area contributed by atoms with Gasteiger partial charge >= 0.3 is 5.97 Å². The maximum atomic E-state index is 11.7. The van der Waals surface area contributed by atoms with Crippen LogP contribution in [0.3, 0.4) is 0 Å². The van der Waals surface area contributed by atoms with E-state index in [1.165, 1.54) is 0 Å². The molecule has 2 fully saturated rings. The van der Waals surface area contributed by atoms with Crippen LogP contribution in [0.5, 0.6) is 0 Å². The molecular weight excluding hydrogens is 212 g/mol. The van der Waals surface area contributed by atoms with Gasteiger partial charge in [0.05, 0.1) is 26.2 Å². The molecule has 0 N–H and O–H groups in total. The van der Waals surface area contributed by atoms with Crippen LogP contribution in [-0.4, -0.2) is 37.4 Å². The van der Waals surface area contributed by atoms with Crippen molar-refractivity contribution in [3.05, 3.63) is 0 Å². The van der Waals surface area contributed by atoms with Crippen molar-refractivity contribution in [2.24, 2.45) is 17.8 Å². The molecular formula is C11H14O5. The zero-order valence-corrected chi connectivity index (χ0v) is 9.10. The van der Waals surface area contributed by atoms with E-state index in [0.717, 1.165) is 0 Å². The molecule has 1 aliphatic heterocycles. The van der Waals surface area contributed by atoms with E-state index < -0.39 is 11.8 Å². The van der Waals surface area contributed by atoms with Crippen LogP contribution < -0.4 is 0 Å². The summed E-state index contributed by atoms with van der Waals surface area (Å²) in [6.45, 7) is 2.99. The molecule has 1 saturated carbocycles. The van der Waals surface area contributed by atoms with E-state index in [0.29, 0.717) is 13.2 Å². The van der Waals surface area contributed by atoms with Gasteiger partial charge in [0.1, 0.15) is 5.78 Å². The first kappa shape index (κ1) is 11.3. The molecule has 1 aliphatic carbocycles. The first-order valence-electron chi connectivity index (χ1n) is 5.45. The van der Waals surface area contributed by atoms with Crippen LogP contribution in [0.1, 0.15) is 13.3 Å². The minimum absolute atomic E-state index is 0.0628. The fourth-order valence-electron chi connectivity index (χ4n) is 2.28. The Morgan fingerprint density at radius 1 is 1.25 bits per heavy atom. The predicted octanol–water partition coefficient (Wildman–Crippen LogP) is -0.0298. The standard InChI is InChI=1S/C11H14O5/c1-2-16-11(14)9(13)3-8(12)10-6-4-15-5-7(6)10/h6-7,10H,2-5H2,1H3/t6-,7+,10?. The van der Waals surface area contributed by atoms with Crippen LogP contribution in [0.4, 0.5) is 0 Å². The molecule has 5 nitrogen and oxygen atoms in total. The lowest BCUT2D eigenvalue weighted by Crippen LogP contribution is -2.22. The number of carbonyl (C=O) groups is 3. The highest BCUT2D eigenvalue weighted by Crippen LogP contribution is 2.51. The van der Waals surface area contributed by atoms with Crippen molar-refractivity contribution in [1.29, 1.82) is 0 Å². The average Bonchev–Trinajstić information content (AvgIpc) is 2.73. The van der Waals surface area contributed by atoms with Gasteiger partial charge in [0, 0.05) is 5.92 Å². The third-order valence-corrected chi connectivity index (χ3v) is 3.16. The third kappa shape index (κ3) is 2.00. The summed E-state index contributed by atoms with van der Waals surface area (Å²) in [6.07, 6.45) is -0.323. The SMILES string of the molecule is CCOC(=O)C(=O)CC(=O)C1[C@H]2COC[C@@H]12. The summed E-state index contributed by atoms with van der Waals surface area (Å²) in [4.78, 5) is 33.9. The highest BCUT2D eigenvalue weighted by atomic mass is 16.5. The molecule has 0 bridgehead atoms. The molecule has 1 heterocycles. The van der Waals surface area contributed by atoms with Crippen LogP contribution >= 0.6 is 0 Å². The van der Waals surface area contributed by atoms with Gasteiger partial charge in [0.2, 0.25) is 5.78 Å². The maximum Gasteiger partial charge on any atom is 0.375 e. The van der Waals surface area contributed by atoms with Gasteiger partial charge in [0.25, 0.3) is 0 Å². The third-order valence-electron chi connectivity index (χ3n) is 3.16. The summed E-state index contributed by atoms with van der Waals surface area (Å²) in [6, 6.07) is 0. The van der Waals surface area contributed by atoms with Gasteiger partial charge in [-0.25, -0.2) is 4.79 Å². The van der Waals surface area contributed by atoms with Crippen molar-refractivity contribution in [2.45, 2.75) is 13.3 Å². The van der Waals surface area contributed by atoms with Gasteiger partial charge in [-0.1, -0.05) is 0 Å². The Bertz CT molecular complexity index is 325. The summed E-state index contributed by atoms with van der Waals surface area (Å²) in [5.74, 6) is -1.29. The lowest BCUT2D eigenvalue weighted by atomic mass is 10.1. The second-order valence-electron chi connectivity index (χ2n) is 4.18. The Kier molecular flexibility index (Phi) is 3.05. The van der Waals surface area contributed by atoms with Crippen molar-refractivity contribution in [1.82, 2.24) is 0 Å². The van der Waals surface area contributed by atoms with Gasteiger partial charge in [-0.15, -0.1) is 0 Å². The van der Waals surface area contributed by atoms with Gasteiger partial charge in [-0.3, -0.25) is 9.59 Å². The maximum absolute atomic E-state index is 11.7. The second-order valence-corrected chi connectivity index (χ2v) is 4.18. The van der Waals surface area contributed by atoms with Crippen molar-refractivity contribution in [3.8, 4) is 0 Å². The summed E-state index contributed by atoms with van der Waals surface area (Å²) >= 11 is 0. The lowest BCUT2D eigenvalue weighted by Gasteiger charge is -2.03. The normalized spacial score (nSPS) is 30.7. The van der Waals surface area contributed by atoms with Crippen LogP contribution in [0.25, 0.3) is 0 Å². The molecule has 0 aromatic rings. The molecule has 0 radical (unpaired) electrons. The fraction of sp³-hybridized carbons (Fsp3) is 0.727. The average molecular weight is 226 g/mol. The Morgan fingerprint density at radius 2 is 1.88 bits per heavy atom. The molecule has 0 amide bonds. The first-order chi connectivity index (χ1) is 7.65. The van der Waals surface area contributed by atoms with E-state index >= 15 is 0 Å². The Labute approximate surface area is 93.1 Å². The van der Waals surface area contributed by atoms with Crippen LogP contribution in [0.15, 0.2) is 0 Å². The molecule has 0 aromatic carbocycles. The summed E-state index contributed by atoms with van der Waals surface area (Å²) < 4.78 is 9.68. The number of esters is 1. The number of hydrogen-bond donors (Lipinski definition) is 0. The van der Waals surface area contributed by atoms with E-state index in [1.54, 1.807) is 6.92 Å². The van der Waals surface area contributed by atoms with E-state index in [1.807, 2.05) is 0 Å². The van der Waals surface area contributed by atoms with Gasteiger partial charge in [-0.05, 0) is 18.8 Å². The molecule has 2 rings (SSSR count). The summed E-state index contributed by atoms with van der Waals surface area (Å²) in [5.41, 5.74) is 0. The van der Waals surface area contributed by atoms with Crippen molar-refractivity contribution in [2.75, 3.05) is 19.8 Å². The van der Waals surface area contributed by atoms with Gasteiger partial charge in [-0.2, -0.15) is 0 Å². The molecule has 16 heavy (non-hydrogen) atoms. The minimum Gasteiger partial charge on any atom is -0.460 e. The van der Waals surface area contributed by atoms with Crippen LogP contribution in [0.2, 0.25) is 0 Å². The molecule has 1 saturated heterocycles. The number of rotatable bonds is 5. The molecule has 88 valence electrons. The Morgan fingerprint density at radius 3 is 2.44 bits per heavy atom. The predicted molar refractivity (Wildman–Crippen MR) is 52.6 cm³/mol. The molecule has 2 aliphatic rings. The van der Waals surface area contributed by atoms with E-state index in [4.69, 9.17) is 4.74 Å². The monoisotopic (exact) mass is 226 g/mol. The fourth-order valence-corrected chi connectivity index (χ4v) is 2.28. The van der Waals surface area contributed by atoms with Crippen molar-refractivity contribution < 1.29 is 23.9 Å². The van der Waals surface area contributed by atoms with Crippen LogP contribution in [0, 0.1) is 17.8 Å².